The minimum Gasteiger partial charge on any atom is -0.248 e. The number of pyridine rings is 1. The van der Waals surface area contributed by atoms with Gasteiger partial charge < -0.3 is 0 Å². The average Bonchev–Trinajstić information content (AvgIpc) is 3.23. The van der Waals surface area contributed by atoms with Gasteiger partial charge in [-0.1, -0.05) is 146 Å². The first kappa shape index (κ1) is 30.8. The van der Waals surface area contributed by atoms with E-state index >= 15 is 0 Å². The number of rotatable bonds is 6. The number of para-hydroxylation sites is 2. The largest absolute Gasteiger partial charge is 0.248 e. The normalized spacial score (nSPS) is 11.1. The van der Waals surface area contributed by atoms with E-state index in [1.165, 1.54) is 11.1 Å². The van der Waals surface area contributed by atoms with Gasteiger partial charge in [-0.2, -0.15) is 5.26 Å². The summed E-state index contributed by atoms with van der Waals surface area (Å²) in [7, 11) is 0. The van der Waals surface area contributed by atoms with Crippen LogP contribution < -0.4 is 0 Å². The van der Waals surface area contributed by atoms with Gasteiger partial charge in [-0.3, -0.25) is 0 Å². The highest BCUT2D eigenvalue weighted by molar-refractivity contribution is 6.00. The fourth-order valence-corrected chi connectivity index (χ4v) is 6.84. The summed E-state index contributed by atoms with van der Waals surface area (Å²) in [5.41, 5.74) is 14.3. The van der Waals surface area contributed by atoms with Crippen molar-refractivity contribution in [1.29, 1.82) is 5.26 Å². The summed E-state index contributed by atoms with van der Waals surface area (Å²) in [5.74, 6) is 0. The summed E-state index contributed by atoms with van der Waals surface area (Å²) in [6.45, 7) is 0. The van der Waals surface area contributed by atoms with Crippen LogP contribution in [0.2, 0.25) is 0 Å². The van der Waals surface area contributed by atoms with Gasteiger partial charge in [0, 0.05) is 22.3 Å². The lowest BCUT2D eigenvalue weighted by molar-refractivity contribution is 1.29. The lowest BCUT2D eigenvalue weighted by Crippen LogP contribution is -1.96. The van der Waals surface area contributed by atoms with Gasteiger partial charge >= 0.3 is 0 Å². The van der Waals surface area contributed by atoms with Crippen LogP contribution in [0.5, 0.6) is 0 Å². The van der Waals surface area contributed by atoms with Crippen LogP contribution in [-0.2, 0) is 0 Å². The van der Waals surface area contributed by atoms with Gasteiger partial charge in [-0.15, -0.1) is 0 Å². The molecule has 0 saturated heterocycles. The van der Waals surface area contributed by atoms with E-state index in [0.717, 1.165) is 78.0 Å². The van der Waals surface area contributed by atoms with Gasteiger partial charge in [0.2, 0.25) is 0 Å². The molecule has 9 rings (SSSR count). The van der Waals surface area contributed by atoms with Crippen LogP contribution in [0.25, 0.3) is 89.1 Å². The Morgan fingerprint density at radius 1 is 0.365 bits per heavy atom. The van der Waals surface area contributed by atoms with E-state index in [1.807, 2.05) is 78.9 Å². The zero-order valence-corrected chi connectivity index (χ0v) is 28.1. The Morgan fingerprint density at radius 2 is 0.885 bits per heavy atom. The number of hydrogen-bond acceptors (Lipinski definition) is 4. The Bertz CT molecular complexity index is 2770. The van der Waals surface area contributed by atoms with Crippen LogP contribution >= 0.6 is 0 Å². The van der Waals surface area contributed by atoms with Crippen molar-refractivity contribution in [2.24, 2.45) is 0 Å². The lowest BCUT2D eigenvalue weighted by atomic mass is 9.95. The molecule has 2 heterocycles. The number of nitrogens with zero attached hydrogens (tertiary/aromatic N) is 4. The van der Waals surface area contributed by atoms with Crippen LogP contribution in [0.3, 0.4) is 0 Å². The molecular weight excluding hydrogens is 633 g/mol. The van der Waals surface area contributed by atoms with E-state index in [4.69, 9.17) is 15.0 Å². The van der Waals surface area contributed by atoms with Crippen molar-refractivity contribution in [1.82, 2.24) is 15.0 Å². The second kappa shape index (κ2) is 13.2. The smallest absolute Gasteiger partial charge is 0.0991 e. The molecule has 9 aromatic rings. The van der Waals surface area contributed by atoms with Crippen molar-refractivity contribution in [2.45, 2.75) is 0 Å². The summed E-state index contributed by atoms with van der Waals surface area (Å²) < 4.78 is 0. The van der Waals surface area contributed by atoms with Crippen molar-refractivity contribution in [3.63, 3.8) is 0 Å². The third-order valence-corrected chi connectivity index (χ3v) is 9.51. The van der Waals surface area contributed by atoms with Crippen molar-refractivity contribution >= 4 is 21.8 Å². The quantitative estimate of drug-likeness (QED) is 0.178. The van der Waals surface area contributed by atoms with Crippen molar-refractivity contribution in [3.05, 3.63) is 188 Å². The van der Waals surface area contributed by atoms with Crippen LogP contribution in [0.15, 0.2) is 182 Å². The molecule has 0 spiro atoms. The van der Waals surface area contributed by atoms with Gasteiger partial charge in [-0.05, 0) is 69.4 Å². The Hall–Kier alpha value is -7.22. The van der Waals surface area contributed by atoms with E-state index < -0.39 is 0 Å². The first-order valence-corrected chi connectivity index (χ1v) is 17.2. The SMILES string of the molecule is N#Cc1ccc2c(-c3nc4ccccc4nc3-c3ccc(-c4cc(-c5ccc(-c6ccccc6)cc5)cc(-c5ccccc5)n4)cc3)cccc2c1. The van der Waals surface area contributed by atoms with Gasteiger partial charge in [0.1, 0.15) is 0 Å². The molecule has 4 heteroatoms. The molecule has 0 aliphatic heterocycles. The van der Waals surface area contributed by atoms with Crippen molar-refractivity contribution in [3.8, 4) is 73.4 Å². The maximum absolute atomic E-state index is 9.52. The predicted molar refractivity (Wildman–Crippen MR) is 212 cm³/mol. The summed E-state index contributed by atoms with van der Waals surface area (Å²) in [6.07, 6.45) is 0. The van der Waals surface area contributed by atoms with Gasteiger partial charge in [0.15, 0.2) is 0 Å². The molecule has 7 aromatic carbocycles. The van der Waals surface area contributed by atoms with E-state index in [9.17, 15) is 5.26 Å². The fourth-order valence-electron chi connectivity index (χ4n) is 6.84. The van der Waals surface area contributed by atoms with E-state index in [-0.39, 0.29) is 0 Å². The van der Waals surface area contributed by atoms with E-state index in [1.54, 1.807) is 0 Å². The summed E-state index contributed by atoms with van der Waals surface area (Å²) >= 11 is 0. The monoisotopic (exact) mass is 662 g/mol. The van der Waals surface area contributed by atoms with Gasteiger partial charge in [-0.25, -0.2) is 15.0 Å². The standard InChI is InChI=1S/C48H30N4/c49-31-32-18-27-41-39(28-32)14-9-15-42(41)48-47(51-43-16-7-8-17-44(43)52-48)38-25-23-37(24-26-38)46-30-40(29-45(50-46)36-12-5-2-6-13-36)35-21-19-34(20-22-35)33-10-3-1-4-11-33/h1-30H. The molecule has 0 aliphatic carbocycles. The summed E-state index contributed by atoms with van der Waals surface area (Å²) in [4.78, 5) is 15.5. The first-order chi connectivity index (χ1) is 25.7. The first-order valence-electron chi connectivity index (χ1n) is 17.2. The fraction of sp³-hybridized carbons (Fsp3) is 0. The second-order valence-electron chi connectivity index (χ2n) is 12.8. The number of aromatic nitrogens is 3. The maximum atomic E-state index is 9.52. The molecule has 0 atom stereocenters. The number of hydrogen-bond donors (Lipinski definition) is 0. The highest BCUT2D eigenvalue weighted by Gasteiger charge is 2.17. The maximum Gasteiger partial charge on any atom is 0.0991 e. The lowest BCUT2D eigenvalue weighted by Gasteiger charge is -2.14. The molecule has 0 amide bonds. The molecule has 242 valence electrons. The van der Waals surface area contributed by atoms with Crippen LogP contribution in [0.4, 0.5) is 0 Å². The molecule has 0 bridgehead atoms. The van der Waals surface area contributed by atoms with Gasteiger partial charge in [0.25, 0.3) is 0 Å². The molecule has 0 aliphatic rings. The molecule has 2 aromatic heterocycles. The average molecular weight is 663 g/mol. The Morgan fingerprint density at radius 3 is 1.54 bits per heavy atom. The zero-order valence-electron chi connectivity index (χ0n) is 28.1. The Kier molecular flexibility index (Phi) is 7.85. The predicted octanol–water partition coefficient (Wildman–Crippen LogP) is 12.1. The van der Waals surface area contributed by atoms with Crippen LogP contribution in [0, 0.1) is 11.3 Å². The zero-order chi connectivity index (χ0) is 34.9. The Balaban J connectivity index is 1.15. The third kappa shape index (κ3) is 5.87. The molecule has 0 saturated carbocycles. The minimum atomic E-state index is 0.627. The summed E-state index contributed by atoms with van der Waals surface area (Å²) in [6, 6.07) is 64.5. The molecule has 0 radical (unpaired) electrons. The minimum absolute atomic E-state index is 0.627. The second-order valence-corrected chi connectivity index (χ2v) is 12.8. The van der Waals surface area contributed by atoms with E-state index in [2.05, 4.69) is 109 Å². The topological polar surface area (TPSA) is 62.5 Å². The molecule has 0 fully saturated rings. The summed E-state index contributed by atoms with van der Waals surface area (Å²) in [5, 5.41) is 11.5. The number of fused-ring (bicyclic) bond motifs is 2. The molecular formula is C48H30N4. The van der Waals surface area contributed by atoms with Crippen LogP contribution in [0.1, 0.15) is 5.56 Å². The molecule has 0 unspecified atom stereocenters. The van der Waals surface area contributed by atoms with E-state index in [0.29, 0.717) is 5.56 Å². The van der Waals surface area contributed by atoms with Crippen molar-refractivity contribution in [2.75, 3.05) is 0 Å². The van der Waals surface area contributed by atoms with Crippen LogP contribution in [-0.4, -0.2) is 15.0 Å². The molecule has 0 N–H and O–H groups in total. The van der Waals surface area contributed by atoms with Crippen molar-refractivity contribution < 1.29 is 0 Å². The van der Waals surface area contributed by atoms with Gasteiger partial charge in [0.05, 0.1) is 45.4 Å². The molecule has 52 heavy (non-hydrogen) atoms. The number of benzene rings is 7. The highest BCUT2D eigenvalue weighted by Crippen LogP contribution is 2.37. The molecule has 4 nitrogen and oxygen atoms in total. The third-order valence-electron chi connectivity index (χ3n) is 9.51. The highest BCUT2D eigenvalue weighted by atomic mass is 14.8. The number of nitriles is 1. The Labute approximate surface area is 302 Å².